The third kappa shape index (κ3) is 11.6. The molecular weight excluding hydrogens is 632 g/mol. The topological polar surface area (TPSA) is 187 Å². The average Bonchev–Trinajstić information content (AvgIpc) is 3.20. The molecule has 14 nitrogen and oxygen atoms in total. The Hall–Kier alpha value is -3.94. The number of carbonyl (C=O) groups excluding carboxylic acids is 6. The molecule has 0 amide bonds. The van der Waals surface area contributed by atoms with E-state index in [4.69, 9.17) is 33.2 Å². The number of esters is 6. The zero-order valence-corrected chi connectivity index (χ0v) is 29.5. The highest BCUT2D eigenvalue weighted by molar-refractivity contribution is 5.80. The lowest BCUT2D eigenvalue weighted by Gasteiger charge is -2.40. The maximum atomic E-state index is 13.1. The van der Waals surface area contributed by atoms with E-state index in [1.54, 1.807) is 13.8 Å². The number of carbonyl (C=O) groups is 6. The largest absolute Gasteiger partial charge is 0.463 e. The highest BCUT2D eigenvalue weighted by atomic mass is 16.7. The highest BCUT2D eigenvalue weighted by Crippen LogP contribution is 2.47. The molecule has 1 unspecified atom stereocenters. The molecule has 270 valence electrons. The summed E-state index contributed by atoms with van der Waals surface area (Å²) in [5.74, 6) is -6.00. The molecule has 0 saturated carbocycles. The Kier molecular flexibility index (Phi) is 14.2. The van der Waals surface area contributed by atoms with Crippen LogP contribution in [0.15, 0.2) is 23.5 Å². The van der Waals surface area contributed by atoms with E-state index < -0.39 is 97.0 Å². The summed E-state index contributed by atoms with van der Waals surface area (Å²) in [4.78, 5) is 74.7. The van der Waals surface area contributed by atoms with E-state index in [0.29, 0.717) is 0 Å². The third-order valence-electron chi connectivity index (χ3n) is 7.30. The number of hydrogen-bond acceptors (Lipinski definition) is 14. The monoisotopic (exact) mass is 682 g/mol. The van der Waals surface area contributed by atoms with Crippen LogP contribution in [0.25, 0.3) is 0 Å². The Bertz CT molecular complexity index is 1280. The first kappa shape index (κ1) is 40.2. The van der Waals surface area contributed by atoms with Crippen LogP contribution in [0.2, 0.25) is 0 Å². The van der Waals surface area contributed by atoms with Crippen molar-refractivity contribution in [1.29, 1.82) is 0 Å². The lowest BCUT2D eigenvalue weighted by atomic mass is 9.82. The van der Waals surface area contributed by atoms with E-state index in [1.807, 2.05) is 27.7 Å². The molecule has 0 aromatic heterocycles. The van der Waals surface area contributed by atoms with Crippen molar-refractivity contribution in [2.45, 2.75) is 118 Å². The van der Waals surface area contributed by atoms with Crippen molar-refractivity contribution in [3.63, 3.8) is 0 Å². The van der Waals surface area contributed by atoms with Crippen molar-refractivity contribution in [1.82, 2.24) is 0 Å². The van der Waals surface area contributed by atoms with Gasteiger partial charge in [-0.15, -0.1) is 0 Å². The van der Waals surface area contributed by atoms with Gasteiger partial charge in [0.2, 0.25) is 6.10 Å². The van der Waals surface area contributed by atoms with Crippen LogP contribution in [0, 0.1) is 23.7 Å². The molecule has 1 N–H and O–H groups in total. The van der Waals surface area contributed by atoms with E-state index in [-0.39, 0.29) is 35.8 Å². The van der Waals surface area contributed by atoms with Crippen molar-refractivity contribution < 1.29 is 67.0 Å². The summed E-state index contributed by atoms with van der Waals surface area (Å²) in [6.45, 7) is 14.9. The quantitative estimate of drug-likeness (QED) is 0.184. The van der Waals surface area contributed by atoms with Gasteiger partial charge in [-0.1, -0.05) is 41.5 Å². The first-order valence-electron chi connectivity index (χ1n) is 16.0. The number of aliphatic hydroxyl groups is 1. The average molecular weight is 683 g/mol. The Morgan fingerprint density at radius 1 is 0.875 bits per heavy atom. The van der Waals surface area contributed by atoms with Crippen molar-refractivity contribution in [2.24, 2.45) is 23.7 Å². The van der Waals surface area contributed by atoms with Gasteiger partial charge in [0.25, 0.3) is 6.29 Å². The fourth-order valence-electron chi connectivity index (χ4n) is 5.26. The molecule has 2 rings (SSSR count). The zero-order chi connectivity index (χ0) is 36.6. The van der Waals surface area contributed by atoms with Gasteiger partial charge in [0.05, 0.1) is 18.6 Å². The molecule has 0 aromatic carbocycles. The van der Waals surface area contributed by atoms with Gasteiger partial charge in [0.1, 0.15) is 18.8 Å². The van der Waals surface area contributed by atoms with Crippen LogP contribution in [0.1, 0.15) is 88.5 Å². The second-order valence-corrected chi connectivity index (χ2v) is 13.9. The standard InChI is InChI=1S/C34H50O14/c1-18(2)11-26(37)46-30(20(5)6)31(40)42-15-23-16-43-32(47-27(38)12-19(3)4)29-24(23)13-25(34(29,41)17-44-21(7)35)45-28(39)14-33(9,10)48-22(8)36/h13,16,18-20,25,29-30,32,41H,11-12,14-15,17H2,1-10H3/t25-,29+,30?,32-,34+/m0/s1. The molecule has 0 spiro atoms. The molecule has 1 heterocycles. The Balaban J connectivity index is 2.47. The normalized spacial score (nSPS) is 22.5. The van der Waals surface area contributed by atoms with Crippen LogP contribution >= 0.6 is 0 Å². The minimum atomic E-state index is -2.22. The highest BCUT2D eigenvalue weighted by Gasteiger charge is 2.59. The van der Waals surface area contributed by atoms with Crippen molar-refractivity contribution in [3.05, 3.63) is 23.5 Å². The molecule has 0 aromatic rings. The van der Waals surface area contributed by atoms with Gasteiger partial charge >= 0.3 is 35.8 Å². The molecule has 48 heavy (non-hydrogen) atoms. The minimum absolute atomic E-state index is 0.0141. The first-order chi connectivity index (χ1) is 22.1. The van der Waals surface area contributed by atoms with Crippen LogP contribution in [0.5, 0.6) is 0 Å². The van der Waals surface area contributed by atoms with Crippen LogP contribution in [0.3, 0.4) is 0 Å². The van der Waals surface area contributed by atoms with E-state index in [2.05, 4.69) is 0 Å². The van der Waals surface area contributed by atoms with E-state index >= 15 is 0 Å². The lowest BCUT2D eigenvalue weighted by Crippen LogP contribution is -2.56. The predicted molar refractivity (Wildman–Crippen MR) is 167 cm³/mol. The van der Waals surface area contributed by atoms with Gasteiger partial charge in [-0.2, -0.15) is 0 Å². The summed E-state index contributed by atoms with van der Waals surface area (Å²) in [7, 11) is 0. The maximum absolute atomic E-state index is 13.1. The zero-order valence-electron chi connectivity index (χ0n) is 29.5. The molecule has 14 heteroatoms. The Morgan fingerprint density at radius 3 is 2.02 bits per heavy atom. The van der Waals surface area contributed by atoms with Gasteiger partial charge < -0.3 is 38.3 Å². The van der Waals surface area contributed by atoms with E-state index in [0.717, 1.165) is 6.92 Å². The summed E-state index contributed by atoms with van der Waals surface area (Å²) in [6, 6.07) is 0. The fourth-order valence-corrected chi connectivity index (χ4v) is 5.26. The first-order valence-corrected chi connectivity index (χ1v) is 16.0. The smallest absolute Gasteiger partial charge is 0.348 e. The van der Waals surface area contributed by atoms with E-state index in [1.165, 1.54) is 33.1 Å². The Morgan fingerprint density at radius 2 is 1.48 bits per heavy atom. The Labute approximate surface area is 281 Å². The number of rotatable bonds is 16. The number of hydrogen-bond donors (Lipinski definition) is 1. The summed E-state index contributed by atoms with van der Waals surface area (Å²) in [5.41, 5.74) is -3.03. The van der Waals surface area contributed by atoms with Crippen LogP contribution in [-0.2, 0) is 61.9 Å². The van der Waals surface area contributed by atoms with Crippen molar-refractivity contribution in [3.8, 4) is 0 Å². The summed E-state index contributed by atoms with van der Waals surface area (Å²) >= 11 is 0. The molecule has 0 fully saturated rings. The maximum Gasteiger partial charge on any atom is 0.348 e. The molecule has 0 saturated heterocycles. The molecule has 1 aliphatic carbocycles. The molecule has 0 bridgehead atoms. The van der Waals surface area contributed by atoms with Gasteiger partial charge in [0, 0.05) is 38.2 Å². The summed E-state index contributed by atoms with van der Waals surface area (Å²) in [5, 5.41) is 12.1. The minimum Gasteiger partial charge on any atom is -0.463 e. The lowest BCUT2D eigenvalue weighted by molar-refractivity contribution is -0.218. The molecule has 1 aliphatic heterocycles. The molecule has 5 atom stereocenters. The number of fused-ring (bicyclic) bond motifs is 1. The molecular formula is C34H50O14. The summed E-state index contributed by atoms with van der Waals surface area (Å²) in [6.07, 6.45) is -1.82. The molecule has 2 aliphatic rings. The van der Waals surface area contributed by atoms with Crippen LogP contribution in [-0.4, -0.2) is 83.8 Å². The summed E-state index contributed by atoms with van der Waals surface area (Å²) < 4.78 is 38.3. The van der Waals surface area contributed by atoms with Gasteiger partial charge in [-0.25, -0.2) is 4.79 Å². The second kappa shape index (κ2) is 16.9. The van der Waals surface area contributed by atoms with Crippen molar-refractivity contribution >= 4 is 35.8 Å². The predicted octanol–water partition coefficient (Wildman–Crippen LogP) is 3.47. The third-order valence-corrected chi connectivity index (χ3v) is 7.30. The van der Waals surface area contributed by atoms with Crippen molar-refractivity contribution in [2.75, 3.05) is 13.2 Å². The SMILES string of the molecule is CC(=O)OC[C@@]1(O)[C@@H](OC(=O)CC(C)(C)OC(C)=O)C=C2C(COC(=O)C(OC(=O)CC(C)C)C(C)C)=CO[C@@H](OC(=O)CC(C)C)[C@@H]21. The molecule has 0 radical (unpaired) electrons. The fraction of sp³-hybridized carbons (Fsp3) is 0.706. The van der Waals surface area contributed by atoms with Gasteiger partial charge in [-0.05, 0) is 37.3 Å². The second-order valence-electron chi connectivity index (χ2n) is 13.9. The van der Waals surface area contributed by atoms with Crippen LogP contribution in [0.4, 0.5) is 0 Å². The van der Waals surface area contributed by atoms with E-state index in [9.17, 15) is 33.9 Å². The number of ether oxygens (including phenoxy) is 7. The van der Waals surface area contributed by atoms with Gasteiger partial charge in [-0.3, -0.25) is 24.0 Å². The van der Waals surface area contributed by atoms with Gasteiger partial charge in [0.15, 0.2) is 11.7 Å². The van der Waals surface area contributed by atoms with Crippen LogP contribution < -0.4 is 0 Å².